The summed E-state index contributed by atoms with van der Waals surface area (Å²) >= 11 is 7.70. The molecule has 1 unspecified atom stereocenters. The largest absolute Gasteiger partial charge is 0.366 e. The van der Waals surface area contributed by atoms with E-state index in [1.807, 2.05) is 0 Å². The third kappa shape index (κ3) is 66.2. The standard InChI is InChI=1S/C2H4BrClO/c1-2(3,4)5/h5H,1H3. The lowest BCUT2D eigenvalue weighted by Gasteiger charge is -1.98. The Morgan fingerprint density at radius 3 is 2.00 bits per heavy atom. The van der Waals surface area contributed by atoms with Gasteiger partial charge >= 0.3 is 0 Å². The van der Waals surface area contributed by atoms with Gasteiger partial charge in [0.05, 0.1) is 0 Å². The van der Waals surface area contributed by atoms with Crippen LogP contribution in [0.1, 0.15) is 6.92 Å². The van der Waals surface area contributed by atoms with Gasteiger partial charge in [-0.1, -0.05) is 11.6 Å². The van der Waals surface area contributed by atoms with E-state index in [0.29, 0.717) is 0 Å². The van der Waals surface area contributed by atoms with Crippen molar-refractivity contribution in [2.24, 2.45) is 0 Å². The van der Waals surface area contributed by atoms with Crippen LogP contribution in [0, 0.1) is 0 Å². The third-order valence-corrected chi connectivity index (χ3v) is 0. The highest BCUT2D eigenvalue weighted by Gasteiger charge is 2.05. The maximum Gasteiger partial charge on any atom is 0.191 e. The quantitative estimate of drug-likeness (QED) is 0.528. The minimum Gasteiger partial charge on any atom is -0.366 e. The monoisotopic (exact) mass is 158 g/mol. The molecule has 0 rings (SSSR count). The molecule has 0 saturated carbocycles. The molecule has 0 fully saturated rings. The van der Waals surface area contributed by atoms with Gasteiger partial charge in [-0.05, 0) is 22.9 Å². The molecule has 1 atom stereocenters. The Kier molecular flexibility index (Phi) is 1.67. The molecule has 0 aliphatic rings. The second-order valence-corrected chi connectivity index (χ2v) is 3.58. The first-order valence-electron chi connectivity index (χ1n) is 1.10. The van der Waals surface area contributed by atoms with Gasteiger partial charge in [-0.15, -0.1) is 0 Å². The molecule has 0 saturated heterocycles. The molecule has 0 aliphatic carbocycles. The summed E-state index contributed by atoms with van der Waals surface area (Å²) in [6.07, 6.45) is 0. The molecule has 0 bridgehead atoms. The van der Waals surface area contributed by atoms with Crippen LogP contribution in [-0.4, -0.2) is 9.08 Å². The Labute approximate surface area is 44.1 Å². The number of hydrogen-bond donors (Lipinski definition) is 1. The van der Waals surface area contributed by atoms with E-state index in [0.717, 1.165) is 0 Å². The van der Waals surface area contributed by atoms with Crippen molar-refractivity contribution >= 4 is 27.5 Å². The summed E-state index contributed by atoms with van der Waals surface area (Å²) in [5.74, 6) is 0. The summed E-state index contributed by atoms with van der Waals surface area (Å²) in [5.41, 5.74) is 0. The second kappa shape index (κ2) is 1.45. The van der Waals surface area contributed by atoms with Crippen LogP contribution in [-0.2, 0) is 0 Å². The molecular formula is C2H4BrClO. The molecular weight excluding hydrogens is 155 g/mol. The third-order valence-electron chi connectivity index (χ3n) is 0. The zero-order valence-electron chi connectivity index (χ0n) is 2.70. The topological polar surface area (TPSA) is 20.2 Å². The smallest absolute Gasteiger partial charge is 0.191 e. The van der Waals surface area contributed by atoms with Crippen molar-refractivity contribution < 1.29 is 5.11 Å². The lowest BCUT2D eigenvalue weighted by Crippen LogP contribution is -1.99. The van der Waals surface area contributed by atoms with Gasteiger partial charge < -0.3 is 5.11 Å². The van der Waals surface area contributed by atoms with Crippen LogP contribution in [0.25, 0.3) is 0 Å². The Hall–Kier alpha value is 0.730. The Bertz CT molecular complexity index is 25.1. The van der Waals surface area contributed by atoms with E-state index in [1.54, 1.807) is 0 Å². The van der Waals surface area contributed by atoms with Gasteiger partial charge in [0.15, 0.2) is 3.97 Å². The average Bonchev–Trinajstić information content (AvgIpc) is 0.722. The second-order valence-electron chi connectivity index (χ2n) is 0.842. The van der Waals surface area contributed by atoms with Crippen molar-refractivity contribution in [3.8, 4) is 0 Å². The normalized spacial score (nSPS) is 21.6. The van der Waals surface area contributed by atoms with Crippen LogP contribution in [0.3, 0.4) is 0 Å². The van der Waals surface area contributed by atoms with Crippen LogP contribution in [0.4, 0.5) is 0 Å². The fourth-order valence-electron chi connectivity index (χ4n) is 0. The minimum absolute atomic E-state index is 1.22. The van der Waals surface area contributed by atoms with E-state index in [1.165, 1.54) is 6.92 Å². The number of alkyl halides is 2. The molecule has 0 radical (unpaired) electrons. The van der Waals surface area contributed by atoms with Gasteiger partial charge in [-0.2, -0.15) is 0 Å². The van der Waals surface area contributed by atoms with E-state index < -0.39 is 3.97 Å². The van der Waals surface area contributed by atoms with Gasteiger partial charge in [-0.25, -0.2) is 0 Å². The molecule has 0 aromatic heterocycles. The first-order valence-corrected chi connectivity index (χ1v) is 2.27. The maximum absolute atomic E-state index is 8.20. The summed E-state index contributed by atoms with van der Waals surface area (Å²) < 4.78 is -1.22. The van der Waals surface area contributed by atoms with E-state index in [4.69, 9.17) is 16.7 Å². The summed E-state index contributed by atoms with van der Waals surface area (Å²) in [6, 6.07) is 0. The Balaban J connectivity index is 3.02. The Morgan fingerprint density at radius 2 is 2.00 bits per heavy atom. The lowest BCUT2D eigenvalue weighted by atomic mass is 10.9. The average molecular weight is 159 g/mol. The van der Waals surface area contributed by atoms with Crippen molar-refractivity contribution in [1.82, 2.24) is 0 Å². The van der Waals surface area contributed by atoms with Crippen LogP contribution >= 0.6 is 27.5 Å². The number of halogens is 2. The SMILES string of the molecule is CC(O)(Cl)Br. The number of hydrogen-bond acceptors (Lipinski definition) is 1. The molecule has 0 aromatic rings. The molecule has 0 heterocycles. The highest BCUT2D eigenvalue weighted by molar-refractivity contribution is 9.10. The van der Waals surface area contributed by atoms with Crippen molar-refractivity contribution in [3.05, 3.63) is 0 Å². The molecule has 0 amide bonds. The number of aliphatic hydroxyl groups is 1. The zero-order chi connectivity index (χ0) is 4.50. The van der Waals surface area contributed by atoms with E-state index >= 15 is 0 Å². The molecule has 0 aliphatic heterocycles. The van der Waals surface area contributed by atoms with Gasteiger partial charge in [0.25, 0.3) is 0 Å². The van der Waals surface area contributed by atoms with Gasteiger partial charge in [0.1, 0.15) is 0 Å². The predicted octanol–water partition coefficient (Wildman–Crippen LogP) is 1.29. The minimum atomic E-state index is -1.22. The Morgan fingerprint density at radius 1 is 2.00 bits per heavy atom. The van der Waals surface area contributed by atoms with E-state index in [2.05, 4.69) is 15.9 Å². The highest BCUT2D eigenvalue weighted by atomic mass is 79.9. The van der Waals surface area contributed by atoms with E-state index in [-0.39, 0.29) is 0 Å². The van der Waals surface area contributed by atoms with Crippen LogP contribution in [0.2, 0.25) is 0 Å². The summed E-state index contributed by atoms with van der Waals surface area (Å²) in [7, 11) is 0. The summed E-state index contributed by atoms with van der Waals surface area (Å²) in [4.78, 5) is 0. The van der Waals surface area contributed by atoms with Crippen LogP contribution in [0.5, 0.6) is 0 Å². The fraction of sp³-hybridized carbons (Fsp3) is 1.00. The lowest BCUT2D eigenvalue weighted by molar-refractivity contribution is 0.251. The summed E-state index contributed by atoms with van der Waals surface area (Å²) in [6.45, 7) is 1.43. The number of rotatable bonds is 0. The molecule has 3 heteroatoms. The van der Waals surface area contributed by atoms with Crippen molar-refractivity contribution in [2.45, 2.75) is 10.9 Å². The molecule has 1 N–H and O–H groups in total. The summed E-state index contributed by atoms with van der Waals surface area (Å²) in [5, 5.41) is 8.20. The molecule has 0 aromatic carbocycles. The van der Waals surface area contributed by atoms with Crippen LogP contribution in [0.15, 0.2) is 0 Å². The van der Waals surface area contributed by atoms with Crippen molar-refractivity contribution in [1.29, 1.82) is 0 Å². The first kappa shape index (κ1) is 5.73. The highest BCUT2D eigenvalue weighted by Crippen LogP contribution is 2.15. The van der Waals surface area contributed by atoms with Gasteiger partial charge in [0, 0.05) is 0 Å². The van der Waals surface area contributed by atoms with E-state index in [9.17, 15) is 0 Å². The van der Waals surface area contributed by atoms with Crippen molar-refractivity contribution in [3.63, 3.8) is 0 Å². The molecule has 5 heavy (non-hydrogen) atoms. The van der Waals surface area contributed by atoms with Crippen molar-refractivity contribution in [2.75, 3.05) is 0 Å². The first-order chi connectivity index (χ1) is 2.00. The zero-order valence-corrected chi connectivity index (χ0v) is 5.05. The predicted molar refractivity (Wildman–Crippen MR) is 25.4 cm³/mol. The fourth-order valence-corrected chi connectivity index (χ4v) is 0. The van der Waals surface area contributed by atoms with Gasteiger partial charge in [0.2, 0.25) is 0 Å². The molecule has 0 spiro atoms. The van der Waals surface area contributed by atoms with Crippen LogP contribution < -0.4 is 0 Å². The molecule has 1 nitrogen and oxygen atoms in total. The maximum atomic E-state index is 8.20. The molecule has 32 valence electrons. The van der Waals surface area contributed by atoms with Gasteiger partial charge in [-0.3, -0.25) is 0 Å².